The molecule has 8 heteroatoms. The van der Waals surface area contributed by atoms with Gasteiger partial charge >= 0.3 is 0 Å². The molecule has 126 valence electrons. The third-order valence-corrected chi connectivity index (χ3v) is 5.46. The largest absolute Gasteiger partial charge is 0.378 e. The molecule has 1 atom stereocenters. The molecule has 1 aromatic carbocycles. The van der Waals surface area contributed by atoms with Gasteiger partial charge in [0, 0.05) is 31.5 Å². The molecule has 0 saturated carbocycles. The van der Waals surface area contributed by atoms with Gasteiger partial charge in [0.2, 0.25) is 5.91 Å². The first-order chi connectivity index (χ1) is 11.6. The summed E-state index contributed by atoms with van der Waals surface area (Å²) in [6.45, 7) is 2.73. The van der Waals surface area contributed by atoms with E-state index in [9.17, 15) is 13.6 Å². The molecule has 3 heterocycles. The highest BCUT2D eigenvalue weighted by atomic mass is 32.1. The molecule has 1 amide bonds. The molecule has 1 N–H and O–H groups in total. The van der Waals surface area contributed by atoms with Crippen molar-refractivity contribution in [2.24, 2.45) is 0 Å². The van der Waals surface area contributed by atoms with Gasteiger partial charge in [-0.3, -0.25) is 4.79 Å². The van der Waals surface area contributed by atoms with Gasteiger partial charge in [-0.05, 0) is 11.6 Å². The third kappa shape index (κ3) is 2.76. The Kier molecular flexibility index (Phi) is 3.93. The molecular weight excluding hydrogens is 336 g/mol. The molecule has 5 nitrogen and oxygen atoms in total. The van der Waals surface area contributed by atoms with Gasteiger partial charge in [-0.25, -0.2) is 13.8 Å². The third-order valence-electron chi connectivity index (χ3n) is 4.23. The number of aromatic nitrogens is 1. The number of rotatable bonds is 2. The number of morpholine rings is 1. The highest BCUT2D eigenvalue weighted by Gasteiger charge is 2.33. The number of fused-ring (bicyclic) bond motifs is 1. The summed E-state index contributed by atoms with van der Waals surface area (Å²) in [6, 6.07) is 3.48. The Hall–Kier alpha value is -2.06. The first-order valence-electron chi connectivity index (χ1n) is 7.70. The summed E-state index contributed by atoms with van der Waals surface area (Å²) in [5.41, 5.74) is 0.324. The van der Waals surface area contributed by atoms with Crippen LogP contribution < -0.4 is 10.2 Å². The molecule has 2 aliphatic heterocycles. The van der Waals surface area contributed by atoms with E-state index in [4.69, 9.17) is 4.74 Å². The molecular formula is C16H15F2N3O2S. The molecule has 1 aromatic heterocycles. The van der Waals surface area contributed by atoms with Crippen LogP contribution in [-0.2, 0) is 9.53 Å². The fourth-order valence-electron chi connectivity index (χ4n) is 3.03. The number of halogens is 2. The van der Waals surface area contributed by atoms with E-state index in [0.717, 1.165) is 29.2 Å². The van der Waals surface area contributed by atoms with Crippen LogP contribution in [0.1, 0.15) is 22.8 Å². The van der Waals surface area contributed by atoms with Gasteiger partial charge in [0.15, 0.2) is 5.13 Å². The number of carbonyl (C=O) groups is 1. The first kappa shape index (κ1) is 15.5. The van der Waals surface area contributed by atoms with E-state index in [1.807, 2.05) is 0 Å². The van der Waals surface area contributed by atoms with Crippen molar-refractivity contribution >= 4 is 28.2 Å². The Balaban J connectivity index is 1.73. The minimum absolute atomic E-state index is 0.125. The summed E-state index contributed by atoms with van der Waals surface area (Å²) in [6.07, 6.45) is 0.125. The first-order valence-corrected chi connectivity index (χ1v) is 8.51. The predicted octanol–water partition coefficient (Wildman–Crippen LogP) is 2.73. The van der Waals surface area contributed by atoms with Crippen LogP contribution >= 0.6 is 11.3 Å². The lowest BCUT2D eigenvalue weighted by atomic mass is 9.91. The van der Waals surface area contributed by atoms with Crippen LogP contribution in [0.4, 0.5) is 19.7 Å². The van der Waals surface area contributed by atoms with Gasteiger partial charge in [0.25, 0.3) is 0 Å². The Bertz CT molecular complexity index is 790. The van der Waals surface area contributed by atoms with Gasteiger partial charge in [-0.15, -0.1) is 0 Å². The van der Waals surface area contributed by atoms with Crippen molar-refractivity contribution in [2.75, 3.05) is 36.5 Å². The number of benzene rings is 1. The van der Waals surface area contributed by atoms with Crippen LogP contribution in [0, 0.1) is 11.6 Å². The topological polar surface area (TPSA) is 54.5 Å². The molecule has 0 radical (unpaired) electrons. The van der Waals surface area contributed by atoms with E-state index < -0.39 is 17.6 Å². The van der Waals surface area contributed by atoms with Gasteiger partial charge in [0.05, 0.1) is 18.1 Å². The zero-order valence-corrected chi connectivity index (χ0v) is 13.5. The number of hydrogen-bond donors (Lipinski definition) is 1. The normalized spacial score (nSPS) is 20.7. The predicted molar refractivity (Wildman–Crippen MR) is 86.6 cm³/mol. The Morgan fingerprint density at radius 1 is 1.29 bits per heavy atom. The Morgan fingerprint density at radius 2 is 2.08 bits per heavy atom. The van der Waals surface area contributed by atoms with Gasteiger partial charge in [-0.2, -0.15) is 0 Å². The number of hydrogen-bond acceptors (Lipinski definition) is 5. The van der Waals surface area contributed by atoms with Gasteiger partial charge in [0.1, 0.15) is 17.5 Å². The smallest absolute Gasteiger partial charge is 0.226 e. The molecule has 1 fully saturated rings. The van der Waals surface area contributed by atoms with E-state index in [1.165, 1.54) is 23.5 Å². The van der Waals surface area contributed by atoms with Crippen LogP contribution in [0.15, 0.2) is 18.2 Å². The van der Waals surface area contributed by atoms with E-state index in [0.29, 0.717) is 24.6 Å². The SMILES string of the molecule is O=C1C[C@H](c2ccc(F)cc2F)c2sc(N3CCOCC3)nc2N1. The molecule has 1 saturated heterocycles. The van der Waals surface area contributed by atoms with Crippen LogP contribution in [0.2, 0.25) is 0 Å². The zero-order chi connectivity index (χ0) is 16.7. The number of thiazole rings is 1. The molecule has 0 aliphatic carbocycles. The van der Waals surface area contributed by atoms with Crippen molar-refractivity contribution in [1.82, 2.24) is 4.98 Å². The second-order valence-corrected chi connectivity index (χ2v) is 6.79. The molecule has 2 aromatic rings. The number of nitrogens with one attached hydrogen (secondary N) is 1. The highest BCUT2D eigenvalue weighted by molar-refractivity contribution is 7.16. The quantitative estimate of drug-likeness (QED) is 0.904. The molecule has 0 spiro atoms. The van der Waals surface area contributed by atoms with Crippen LogP contribution in [0.3, 0.4) is 0 Å². The van der Waals surface area contributed by atoms with Crippen molar-refractivity contribution in [1.29, 1.82) is 0 Å². The molecule has 2 aliphatic rings. The lowest BCUT2D eigenvalue weighted by Gasteiger charge is -2.26. The highest BCUT2D eigenvalue weighted by Crippen LogP contribution is 2.43. The number of nitrogens with zero attached hydrogens (tertiary/aromatic N) is 2. The number of anilines is 2. The maximum absolute atomic E-state index is 14.2. The van der Waals surface area contributed by atoms with E-state index in [2.05, 4.69) is 15.2 Å². The van der Waals surface area contributed by atoms with Gasteiger partial charge in [-0.1, -0.05) is 17.4 Å². The molecule has 0 bridgehead atoms. The van der Waals surface area contributed by atoms with E-state index in [-0.39, 0.29) is 12.3 Å². The standard InChI is InChI=1S/C16H15F2N3O2S/c17-9-1-2-10(12(18)7-9)11-8-13(22)19-15-14(11)24-16(20-15)21-3-5-23-6-4-21/h1-2,7,11H,3-6,8H2,(H,19,22)/t11-/m1/s1. The second-order valence-electron chi connectivity index (χ2n) is 5.78. The summed E-state index contributed by atoms with van der Waals surface area (Å²) >= 11 is 1.44. The summed E-state index contributed by atoms with van der Waals surface area (Å²) in [7, 11) is 0. The van der Waals surface area contributed by atoms with Crippen LogP contribution in [0.25, 0.3) is 0 Å². The Labute approximate surface area is 141 Å². The summed E-state index contributed by atoms with van der Waals surface area (Å²) in [5, 5.41) is 3.55. The van der Waals surface area contributed by atoms with Crippen molar-refractivity contribution in [3.63, 3.8) is 0 Å². The monoisotopic (exact) mass is 351 g/mol. The maximum Gasteiger partial charge on any atom is 0.226 e. The number of ether oxygens (including phenoxy) is 1. The average Bonchev–Trinajstić information content (AvgIpc) is 2.99. The maximum atomic E-state index is 14.2. The molecule has 0 unspecified atom stereocenters. The van der Waals surface area contributed by atoms with Crippen LogP contribution in [0.5, 0.6) is 0 Å². The van der Waals surface area contributed by atoms with Crippen molar-refractivity contribution in [3.05, 3.63) is 40.3 Å². The Morgan fingerprint density at radius 3 is 2.83 bits per heavy atom. The second kappa shape index (κ2) is 6.10. The molecule has 4 rings (SSSR count). The lowest BCUT2D eigenvalue weighted by Crippen LogP contribution is -2.36. The van der Waals surface area contributed by atoms with Crippen molar-refractivity contribution in [2.45, 2.75) is 12.3 Å². The van der Waals surface area contributed by atoms with Crippen molar-refractivity contribution in [3.8, 4) is 0 Å². The summed E-state index contributed by atoms with van der Waals surface area (Å²) in [4.78, 5) is 19.4. The number of amides is 1. The zero-order valence-electron chi connectivity index (χ0n) is 12.7. The van der Waals surface area contributed by atoms with E-state index in [1.54, 1.807) is 0 Å². The number of carbonyl (C=O) groups excluding carboxylic acids is 1. The fraction of sp³-hybridized carbons (Fsp3) is 0.375. The summed E-state index contributed by atoms with van der Waals surface area (Å²) < 4.78 is 32.7. The molecule has 24 heavy (non-hydrogen) atoms. The minimum atomic E-state index is -0.637. The van der Waals surface area contributed by atoms with Crippen LogP contribution in [-0.4, -0.2) is 37.2 Å². The lowest BCUT2D eigenvalue weighted by molar-refractivity contribution is -0.116. The van der Waals surface area contributed by atoms with E-state index >= 15 is 0 Å². The van der Waals surface area contributed by atoms with Crippen molar-refractivity contribution < 1.29 is 18.3 Å². The fourth-order valence-corrected chi connectivity index (χ4v) is 4.22. The average molecular weight is 351 g/mol. The summed E-state index contributed by atoms with van der Waals surface area (Å²) in [5.74, 6) is -1.44. The van der Waals surface area contributed by atoms with Gasteiger partial charge < -0.3 is 15.0 Å². The minimum Gasteiger partial charge on any atom is -0.378 e.